The molecule has 0 unspecified atom stereocenters. The number of aliphatic hydroxyl groups is 1. The number of hydrogen-bond acceptors (Lipinski definition) is 3. The summed E-state index contributed by atoms with van der Waals surface area (Å²) in [5.74, 6) is -5.28. The van der Waals surface area contributed by atoms with Gasteiger partial charge in [-0.25, -0.2) is 13.2 Å². The van der Waals surface area contributed by atoms with Gasteiger partial charge in [-0.05, 0) is 12.1 Å². The Bertz CT molecular complexity index is 549. The third kappa shape index (κ3) is 4.33. The van der Waals surface area contributed by atoms with Crippen molar-refractivity contribution in [1.29, 1.82) is 0 Å². The molecule has 0 amide bonds. The van der Waals surface area contributed by atoms with Crippen LogP contribution in [0.25, 0.3) is 0 Å². The molecule has 2 N–H and O–H groups in total. The molecular weight excluding hydrogens is 362 g/mol. The van der Waals surface area contributed by atoms with Gasteiger partial charge in [0.2, 0.25) is 0 Å². The normalized spacial score (nSPS) is 18.1. The minimum absolute atomic E-state index is 0. The van der Waals surface area contributed by atoms with E-state index in [0.29, 0.717) is 12.1 Å². The summed E-state index contributed by atoms with van der Waals surface area (Å²) in [6, 6.07) is -0.0746. The SMILES string of the molecule is Cl.OCC(F)(F)[C@@H](c1c(F)cccc1C(F)(F)F)N1CCNCC1. The van der Waals surface area contributed by atoms with E-state index < -0.39 is 41.7 Å². The number of nitrogens with one attached hydrogen (secondary N) is 1. The Balaban J connectivity index is 0.00000288. The summed E-state index contributed by atoms with van der Waals surface area (Å²) in [5.41, 5.74) is -2.57. The molecule has 1 atom stereocenters. The van der Waals surface area contributed by atoms with Crippen LogP contribution in [0.3, 0.4) is 0 Å². The molecule has 10 heteroatoms. The number of hydrogen-bond donors (Lipinski definition) is 2. The highest BCUT2D eigenvalue weighted by Gasteiger charge is 2.49. The van der Waals surface area contributed by atoms with Gasteiger partial charge in [0.1, 0.15) is 18.5 Å². The van der Waals surface area contributed by atoms with E-state index in [1.165, 1.54) is 0 Å². The van der Waals surface area contributed by atoms with Gasteiger partial charge < -0.3 is 10.4 Å². The Morgan fingerprint density at radius 3 is 2.21 bits per heavy atom. The molecule has 1 heterocycles. The molecule has 0 bridgehead atoms. The molecule has 1 aliphatic heterocycles. The molecular formula is C14H17ClF6N2O. The van der Waals surface area contributed by atoms with Crippen molar-refractivity contribution in [3.63, 3.8) is 0 Å². The quantitative estimate of drug-likeness (QED) is 0.791. The van der Waals surface area contributed by atoms with Crippen molar-refractivity contribution in [3.8, 4) is 0 Å². The summed E-state index contributed by atoms with van der Waals surface area (Å²) >= 11 is 0. The van der Waals surface area contributed by atoms with Gasteiger partial charge in [-0.3, -0.25) is 4.90 Å². The number of alkyl halides is 5. The highest BCUT2D eigenvalue weighted by Crippen LogP contribution is 2.43. The molecule has 3 nitrogen and oxygen atoms in total. The first-order valence-corrected chi connectivity index (χ1v) is 6.97. The van der Waals surface area contributed by atoms with Gasteiger partial charge in [-0.2, -0.15) is 13.2 Å². The van der Waals surface area contributed by atoms with Gasteiger partial charge >= 0.3 is 6.18 Å². The number of benzene rings is 1. The van der Waals surface area contributed by atoms with Crippen molar-refractivity contribution in [2.45, 2.75) is 18.1 Å². The van der Waals surface area contributed by atoms with E-state index in [1.54, 1.807) is 0 Å². The molecule has 1 saturated heterocycles. The van der Waals surface area contributed by atoms with Crippen molar-refractivity contribution in [2.75, 3.05) is 32.8 Å². The fraction of sp³-hybridized carbons (Fsp3) is 0.571. The topological polar surface area (TPSA) is 35.5 Å². The first kappa shape index (κ1) is 21.0. The van der Waals surface area contributed by atoms with Gasteiger partial charge in [-0.15, -0.1) is 12.4 Å². The maximum absolute atomic E-state index is 14.2. The second-order valence-corrected chi connectivity index (χ2v) is 5.31. The van der Waals surface area contributed by atoms with Gasteiger partial charge in [0, 0.05) is 31.7 Å². The largest absolute Gasteiger partial charge is 0.416 e. The van der Waals surface area contributed by atoms with Crippen molar-refractivity contribution in [3.05, 3.63) is 35.1 Å². The standard InChI is InChI=1S/C14H16F6N2O.ClH/c15-10-3-1-2-9(14(18,19)20)11(10)12(13(16,17)8-23)22-6-4-21-5-7-22;/h1-3,12,21,23H,4-8H2;1H/t12-;/m1./s1. The van der Waals surface area contributed by atoms with Crippen molar-refractivity contribution in [2.24, 2.45) is 0 Å². The molecule has 0 spiro atoms. The second-order valence-electron chi connectivity index (χ2n) is 5.31. The van der Waals surface area contributed by atoms with Crippen LogP contribution in [-0.4, -0.2) is 48.7 Å². The predicted octanol–water partition coefficient (Wildman–Crippen LogP) is 2.84. The lowest BCUT2D eigenvalue weighted by molar-refractivity contribution is -0.145. The van der Waals surface area contributed by atoms with Crippen LogP contribution in [0.1, 0.15) is 17.2 Å². The predicted molar refractivity (Wildman–Crippen MR) is 77.9 cm³/mol. The highest BCUT2D eigenvalue weighted by atomic mass is 35.5. The molecule has 1 aromatic carbocycles. The zero-order chi connectivity index (χ0) is 17.3. The van der Waals surface area contributed by atoms with E-state index in [2.05, 4.69) is 5.32 Å². The van der Waals surface area contributed by atoms with Gasteiger partial charge in [0.25, 0.3) is 5.92 Å². The molecule has 0 radical (unpaired) electrons. The number of aliphatic hydroxyl groups excluding tert-OH is 1. The lowest BCUT2D eigenvalue weighted by Gasteiger charge is -2.39. The number of rotatable bonds is 4. The van der Waals surface area contributed by atoms with Crippen molar-refractivity contribution >= 4 is 12.4 Å². The highest BCUT2D eigenvalue weighted by molar-refractivity contribution is 5.85. The fourth-order valence-electron chi connectivity index (χ4n) is 2.75. The Labute approximate surface area is 141 Å². The van der Waals surface area contributed by atoms with Crippen LogP contribution >= 0.6 is 12.4 Å². The average molecular weight is 379 g/mol. The van der Waals surface area contributed by atoms with E-state index in [4.69, 9.17) is 5.11 Å². The molecule has 1 fully saturated rings. The van der Waals surface area contributed by atoms with Crippen LogP contribution in [0.5, 0.6) is 0 Å². The summed E-state index contributed by atoms with van der Waals surface area (Å²) in [6.07, 6.45) is -4.98. The summed E-state index contributed by atoms with van der Waals surface area (Å²) in [6.45, 7) is -1.06. The molecule has 1 aromatic rings. The molecule has 2 rings (SSSR count). The molecule has 0 saturated carbocycles. The number of halogens is 7. The van der Waals surface area contributed by atoms with Crippen molar-refractivity contribution < 1.29 is 31.4 Å². The summed E-state index contributed by atoms with van der Waals surface area (Å²) in [7, 11) is 0. The summed E-state index contributed by atoms with van der Waals surface area (Å²) in [4.78, 5) is 1.07. The zero-order valence-electron chi connectivity index (χ0n) is 12.4. The minimum atomic E-state index is -4.98. The van der Waals surface area contributed by atoms with E-state index >= 15 is 0 Å². The average Bonchev–Trinajstić information content (AvgIpc) is 2.49. The smallest absolute Gasteiger partial charge is 0.390 e. The molecule has 24 heavy (non-hydrogen) atoms. The molecule has 138 valence electrons. The zero-order valence-corrected chi connectivity index (χ0v) is 13.2. The minimum Gasteiger partial charge on any atom is -0.390 e. The van der Waals surface area contributed by atoms with Gasteiger partial charge in [0.15, 0.2) is 0 Å². The van der Waals surface area contributed by atoms with Crippen LogP contribution in [0, 0.1) is 5.82 Å². The first-order chi connectivity index (χ1) is 10.7. The maximum atomic E-state index is 14.2. The van der Waals surface area contributed by atoms with Crippen molar-refractivity contribution in [1.82, 2.24) is 10.2 Å². The summed E-state index contributed by atoms with van der Waals surface area (Å²) in [5, 5.41) is 11.8. The van der Waals surface area contributed by atoms with E-state index in [-0.39, 0.29) is 38.6 Å². The number of nitrogens with zero attached hydrogens (tertiary/aromatic N) is 1. The van der Waals surface area contributed by atoms with E-state index in [1.807, 2.05) is 0 Å². The van der Waals surface area contributed by atoms with Crippen LogP contribution in [0.4, 0.5) is 26.3 Å². The van der Waals surface area contributed by atoms with Crippen LogP contribution in [0.2, 0.25) is 0 Å². The molecule has 0 aromatic heterocycles. The Morgan fingerprint density at radius 1 is 1.12 bits per heavy atom. The third-order valence-corrected chi connectivity index (χ3v) is 3.76. The Kier molecular flexibility index (Phi) is 6.92. The Morgan fingerprint density at radius 2 is 1.71 bits per heavy atom. The molecule has 1 aliphatic rings. The lowest BCUT2D eigenvalue weighted by atomic mass is 9.92. The summed E-state index contributed by atoms with van der Waals surface area (Å²) < 4.78 is 81.9. The van der Waals surface area contributed by atoms with Crippen LogP contribution < -0.4 is 5.32 Å². The third-order valence-electron chi connectivity index (χ3n) is 3.76. The monoisotopic (exact) mass is 378 g/mol. The number of piperazine rings is 1. The molecule has 0 aliphatic carbocycles. The fourth-order valence-corrected chi connectivity index (χ4v) is 2.75. The maximum Gasteiger partial charge on any atom is 0.416 e. The first-order valence-electron chi connectivity index (χ1n) is 6.97. The van der Waals surface area contributed by atoms with E-state index in [9.17, 15) is 26.3 Å². The van der Waals surface area contributed by atoms with Crippen LogP contribution in [-0.2, 0) is 6.18 Å². The van der Waals surface area contributed by atoms with Gasteiger partial charge in [-0.1, -0.05) is 6.07 Å². The Hall–Kier alpha value is -1.03. The lowest BCUT2D eigenvalue weighted by Crippen LogP contribution is -2.51. The van der Waals surface area contributed by atoms with Gasteiger partial charge in [0.05, 0.1) is 5.56 Å². The second kappa shape index (κ2) is 7.90. The van der Waals surface area contributed by atoms with Crippen LogP contribution in [0.15, 0.2) is 18.2 Å². The van der Waals surface area contributed by atoms with E-state index in [0.717, 1.165) is 11.0 Å².